The summed E-state index contributed by atoms with van der Waals surface area (Å²) >= 11 is 0. The Morgan fingerprint density at radius 1 is 1.00 bits per heavy atom. The summed E-state index contributed by atoms with van der Waals surface area (Å²) in [6.45, 7) is 0. The number of rotatable bonds is 3. The van der Waals surface area contributed by atoms with Gasteiger partial charge in [-0.05, 0) is 35.9 Å². The Balaban J connectivity index is 2.04. The highest BCUT2D eigenvalue weighted by Gasteiger charge is 2.04. The predicted molar refractivity (Wildman–Crippen MR) is 81.5 cm³/mol. The van der Waals surface area contributed by atoms with Crippen LogP contribution in [-0.2, 0) is 0 Å². The predicted octanol–water partition coefficient (Wildman–Crippen LogP) is 3.81. The van der Waals surface area contributed by atoms with Gasteiger partial charge in [0.2, 0.25) is 0 Å². The molecule has 0 N–H and O–H groups in total. The van der Waals surface area contributed by atoms with Gasteiger partial charge >= 0.3 is 0 Å². The Hall–Kier alpha value is -2.68. The van der Waals surface area contributed by atoms with Gasteiger partial charge in [-0.15, -0.1) is 0 Å². The number of ether oxygens (including phenoxy) is 1. The van der Waals surface area contributed by atoms with E-state index in [0.717, 1.165) is 27.9 Å². The standard InChI is InChI=1S/C17H14N2O/c1-20-17-12-14-4-2-3-5-15(14)19-16(17)7-6-13-8-10-18-11-9-13/h2-12H,1H3/b7-6+. The molecule has 0 fully saturated rings. The smallest absolute Gasteiger partial charge is 0.145 e. The van der Waals surface area contributed by atoms with Crippen molar-refractivity contribution in [3.05, 3.63) is 66.1 Å². The van der Waals surface area contributed by atoms with Crippen LogP contribution >= 0.6 is 0 Å². The number of para-hydroxylation sites is 1. The van der Waals surface area contributed by atoms with Gasteiger partial charge in [-0.3, -0.25) is 4.98 Å². The number of methoxy groups -OCH3 is 1. The highest BCUT2D eigenvalue weighted by Crippen LogP contribution is 2.24. The fraction of sp³-hybridized carbons (Fsp3) is 0.0588. The Kier molecular flexibility index (Phi) is 3.42. The molecule has 98 valence electrons. The van der Waals surface area contributed by atoms with E-state index in [0.29, 0.717) is 0 Å². The normalized spacial score (nSPS) is 11.1. The summed E-state index contributed by atoms with van der Waals surface area (Å²) in [7, 11) is 1.66. The first-order valence-electron chi connectivity index (χ1n) is 6.39. The lowest BCUT2D eigenvalue weighted by Crippen LogP contribution is -1.91. The SMILES string of the molecule is COc1cc2ccccc2nc1/C=C/c1ccncc1. The van der Waals surface area contributed by atoms with Crippen molar-refractivity contribution in [3.8, 4) is 5.75 Å². The van der Waals surface area contributed by atoms with Crippen LogP contribution in [0.15, 0.2) is 54.9 Å². The van der Waals surface area contributed by atoms with E-state index in [1.165, 1.54) is 0 Å². The molecule has 0 spiro atoms. The monoisotopic (exact) mass is 262 g/mol. The Bertz CT molecular complexity index is 751. The quantitative estimate of drug-likeness (QED) is 0.720. The molecule has 0 saturated heterocycles. The molecule has 0 atom stereocenters. The molecule has 3 nitrogen and oxygen atoms in total. The lowest BCUT2D eigenvalue weighted by Gasteiger charge is -2.06. The van der Waals surface area contributed by atoms with Crippen LogP contribution < -0.4 is 4.74 Å². The fourth-order valence-corrected chi connectivity index (χ4v) is 2.04. The number of nitrogens with zero attached hydrogens (tertiary/aromatic N) is 2. The van der Waals surface area contributed by atoms with Crippen LogP contribution in [0.1, 0.15) is 11.3 Å². The number of aromatic nitrogens is 2. The van der Waals surface area contributed by atoms with Crippen molar-refractivity contribution in [1.82, 2.24) is 9.97 Å². The summed E-state index contributed by atoms with van der Waals surface area (Å²) in [4.78, 5) is 8.63. The molecule has 0 unspecified atom stereocenters. The van der Waals surface area contributed by atoms with E-state index >= 15 is 0 Å². The van der Waals surface area contributed by atoms with Gasteiger partial charge in [0.1, 0.15) is 11.4 Å². The maximum atomic E-state index is 5.42. The molecule has 0 radical (unpaired) electrons. The number of pyridine rings is 2. The van der Waals surface area contributed by atoms with Gasteiger partial charge in [-0.25, -0.2) is 4.98 Å². The first kappa shape index (κ1) is 12.4. The largest absolute Gasteiger partial charge is 0.494 e. The number of hydrogen-bond donors (Lipinski definition) is 0. The van der Waals surface area contributed by atoms with Crippen molar-refractivity contribution in [1.29, 1.82) is 0 Å². The summed E-state index contributed by atoms with van der Waals surface area (Å²) in [6.07, 6.45) is 7.50. The second kappa shape index (κ2) is 5.53. The third kappa shape index (κ3) is 2.52. The summed E-state index contributed by atoms with van der Waals surface area (Å²) in [6, 6.07) is 13.9. The summed E-state index contributed by atoms with van der Waals surface area (Å²) < 4.78 is 5.42. The average Bonchev–Trinajstić information content (AvgIpc) is 2.53. The first-order chi connectivity index (χ1) is 9.86. The van der Waals surface area contributed by atoms with Crippen LogP contribution in [0.4, 0.5) is 0 Å². The molecule has 2 heterocycles. The van der Waals surface area contributed by atoms with Crippen molar-refractivity contribution in [2.75, 3.05) is 7.11 Å². The van der Waals surface area contributed by atoms with Crippen molar-refractivity contribution in [2.45, 2.75) is 0 Å². The molecular formula is C17H14N2O. The van der Waals surface area contributed by atoms with Gasteiger partial charge in [0.25, 0.3) is 0 Å². The maximum Gasteiger partial charge on any atom is 0.145 e. The van der Waals surface area contributed by atoms with E-state index in [4.69, 9.17) is 4.74 Å². The zero-order chi connectivity index (χ0) is 13.8. The Labute approximate surface area is 117 Å². The molecule has 0 aliphatic carbocycles. The molecule has 2 aromatic heterocycles. The van der Waals surface area contributed by atoms with E-state index in [9.17, 15) is 0 Å². The zero-order valence-corrected chi connectivity index (χ0v) is 11.2. The highest BCUT2D eigenvalue weighted by molar-refractivity contribution is 5.83. The van der Waals surface area contributed by atoms with E-state index in [1.807, 2.05) is 54.6 Å². The third-order valence-electron chi connectivity index (χ3n) is 3.08. The Morgan fingerprint density at radius 2 is 1.80 bits per heavy atom. The van der Waals surface area contributed by atoms with Crippen LogP contribution in [0.2, 0.25) is 0 Å². The van der Waals surface area contributed by atoms with E-state index < -0.39 is 0 Å². The summed E-state index contributed by atoms with van der Waals surface area (Å²) in [5.74, 6) is 0.772. The van der Waals surface area contributed by atoms with Gasteiger partial charge in [-0.1, -0.05) is 24.3 Å². The minimum atomic E-state index is 0.772. The molecule has 0 amide bonds. The molecule has 0 aliphatic rings. The minimum Gasteiger partial charge on any atom is -0.494 e. The third-order valence-corrected chi connectivity index (χ3v) is 3.08. The molecule has 3 rings (SSSR count). The zero-order valence-electron chi connectivity index (χ0n) is 11.2. The average molecular weight is 262 g/mol. The molecule has 3 heteroatoms. The number of benzene rings is 1. The van der Waals surface area contributed by atoms with Crippen LogP contribution in [0, 0.1) is 0 Å². The van der Waals surface area contributed by atoms with Crippen molar-refractivity contribution in [3.63, 3.8) is 0 Å². The molecule has 3 aromatic rings. The number of hydrogen-bond acceptors (Lipinski definition) is 3. The molecule has 1 aromatic carbocycles. The molecule has 0 aliphatic heterocycles. The first-order valence-corrected chi connectivity index (χ1v) is 6.39. The van der Waals surface area contributed by atoms with Crippen LogP contribution in [0.3, 0.4) is 0 Å². The second-order valence-corrected chi connectivity index (χ2v) is 4.38. The topological polar surface area (TPSA) is 35.0 Å². The van der Waals surface area contributed by atoms with E-state index in [-0.39, 0.29) is 0 Å². The van der Waals surface area contributed by atoms with Crippen LogP contribution in [0.5, 0.6) is 5.75 Å². The van der Waals surface area contributed by atoms with Gasteiger partial charge in [0.05, 0.1) is 12.6 Å². The second-order valence-electron chi connectivity index (χ2n) is 4.38. The number of fused-ring (bicyclic) bond motifs is 1. The summed E-state index contributed by atoms with van der Waals surface area (Å²) in [5, 5.41) is 1.07. The van der Waals surface area contributed by atoms with Crippen molar-refractivity contribution < 1.29 is 4.74 Å². The lowest BCUT2D eigenvalue weighted by atomic mass is 10.1. The molecule has 0 bridgehead atoms. The van der Waals surface area contributed by atoms with Crippen LogP contribution in [-0.4, -0.2) is 17.1 Å². The van der Waals surface area contributed by atoms with Crippen molar-refractivity contribution in [2.24, 2.45) is 0 Å². The van der Waals surface area contributed by atoms with Gasteiger partial charge < -0.3 is 4.74 Å². The maximum absolute atomic E-state index is 5.42. The molecule has 20 heavy (non-hydrogen) atoms. The highest BCUT2D eigenvalue weighted by atomic mass is 16.5. The molecule has 0 saturated carbocycles. The van der Waals surface area contributed by atoms with Crippen molar-refractivity contribution >= 4 is 23.1 Å². The minimum absolute atomic E-state index is 0.772. The van der Waals surface area contributed by atoms with E-state index in [1.54, 1.807) is 19.5 Å². The molecular weight excluding hydrogens is 248 g/mol. The van der Waals surface area contributed by atoms with Gasteiger partial charge in [-0.2, -0.15) is 0 Å². The fourth-order valence-electron chi connectivity index (χ4n) is 2.04. The Morgan fingerprint density at radius 3 is 2.60 bits per heavy atom. The van der Waals surface area contributed by atoms with Gasteiger partial charge in [0, 0.05) is 17.8 Å². The van der Waals surface area contributed by atoms with Gasteiger partial charge in [0.15, 0.2) is 0 Å². The van der Waals surface area contributed by atoms with E-state index in [2.05, 4.69) is 9.97 Å². The summed E-state index contributed by atoms with van der Waals surface area (Å²) in [5.41, 5.74) is 2.86. The van der Waals surface area contributed by atoms with Crippen LogP contribution in [0.25, 0.3) is 23.1 Å². The lowest BCUT2D eigenvalue weighted by molar-refractivity contribution is 0.412.